The highest BCUT2D eigenvalue weighted by Gasteiger charge is 2.10. The van der Waals surface area contributed by atoms with Crippen LogP contribution >= 0.6 is 0 Å². The lowest BCUT2D eigenvalue weighted by atomic mass is 10.1. The van der Waals surface area contributed by atoms with Gasteiger partial charge in [0.2, 0.25) is 0 Å². The summed E-state index contributed by atoms with van der Waals surface area (Å²) in [5, 5.41) is 0. The van der Waals surface area contributed by atoms with E-state index in [0.717, 1.165) is 31.2 Å². The molecule has 1 aromatic rings. The highest BCUT2D eigenvalue weighted by atomic mass is 16.5. The normalized spacial score (nSPS) is 10.9. The lowest BCUT2D eigenvalue weighted by Crippen LogP contribution is -2.10. The van der Waals surface area contributed by atoms with E-state index in [9.17, 15) is 9.59 Å². The maximum atomic E-state index is 12.2. The predicted molar refractivity (Wildman–Crippen MR) is 146 cm³/mol. The molecule has 0 atom stereocenters. The third-order valence-electron chi connectivity index (χ3n) is 6.57. The van der Waals surface area contributed by atoms with E-state index in [1.807, 2.05) is 6.92 Å². The van der Waals surface area contributed by atoms with E-state index in [1.54, 1.807) is 18.2 Å². The minimum absolute atomic E-state index is 0.189. The van der Waals surface area contributed by atoms with Crippen molar-refractivity contribution >= 4 is 11.9 Å². The number of ether oxygens (including phenoxy) is 2. The molecule has 1 aromatic carbocycles. The van der Waals surface area contributed by atoms with E-state index in [1.165, 1.54) is 89.9 Å². The van der Waals surface area contributed by atoms with Gasteiger partial charge in [0.05, 0.1) is 0 Å². The van der Waals surface area contributed by atoms with Crippen LogP contribution in [0.4, 0.5) is 0 Å². The topological polar surface area (TPSA) is 52.6 Å². The summed E-state index contributed by atoms with van der Waals surface area (Å²) in [6.45, 7) is 6.35. The van der Waals surface area contributed by atoms with E-state index in [0.29, 0.717) is 24.3 Å². The monoisotopic (exact) mass is 488 g/mol. The number of carbonyl (C=O) groups excluding carboxylic acids is 2. The number of unbranched alkanes of at least 4 members (excludes halogenated alkanes) is 16. The molecule has 0 spiro atoms. The van der Waals surface area contributed by atoms with Gasteiger partial charge in [-0.15, -0.1) is 0 Å². The van der Waals surface area contributed by atoms with Gasteiger partial charge in [-0.05, 0) is 43.5 Å². The molecule has 0 saturated heterocycles. The zero-order valence-electron chi connectivity index (χ0n) is 23.0. The van der Waals surface area contributed by atoms with E-state index in [2.05, 4.69) is 13.8 Å². The second-order valence-electron chi connectivity index (χ2n) is 10.0. The van der Waals surface area contributed by atoms with Gasteiger partial charge in [0.15, 0.2) is 0 Å². The van der Waals surface area contributed by atoms with Crippen LogP contribution in [0.2, 0.25) is 0 Å². The Morgan fingerprint density at radius 1 is 0.571 bits per heavy atom. The maximum Gasteiger partial charge on any atom is 0.311 e. The van der Waals surface area contributed by atoms with Crippen LogP contribution in [0.15, 0.2) is 18.2 Å². The Bertz CT molecular complexity index is 683. The Labute approximate surface area is 215 Å². The first-order chi connectivity index (χ1) is 17.1. The highest BCUT2D eigenvalue weighted by Crippen LogP contribution is 2.24. The molecular weight excluding hydrogens is 436 g/mol. The van der Waals surface area contributed by atoms with Crippen LogP contribution in [-0.2, 0) is 9.59 Å². The Hall–Kier alpha value is -1.84. The molecule has 0 fully saturated rings. The van der Waals surface area contributed by atoms with Crippen LogP contribution in [0.1, 0.15) is 148 Å². The van der Waals surface area contributed by atoms with E-state index >= 15 is 0 Å². The first kappa shape index (κ1) is 31.2. The standard InChI is InChI=1S/C31H52O4/c1-4-6-8-10-12-14-16-18-20-22-30(32)34-28-24-25-29(27(3)26-28)35-31(33)23-21-19-17-15-13-11-9-7-5-2/h24-26H,4-23H2,1-3H3. The zero-order valence-corrected chi connectivity index (χ0v) is 23.0. The fourth-order valence-corrected chi connectivity index (χ4v) is 4.32. The summed E-state index contributed by atoms with van der Waals surface area (Å²) in [6.07, 6.45) is 22.9. The SMILES string of the molecule is CCCCCCCCCCCC(=O)Oc1ccc(OC(=O)CCCCCCCCCCC)c(C)c1. The number of aryl methyl sites for hydroxylation is 1. The Balaban J connectivity index is 2.16. The molecule has 35 heavy (non-hydrogen) atoms. The second kappa shape index (κ2) is 21.4. The van der Waals surface area contributed by atoms with E-state index in [4.69, 9.17) is 9.47 Å². The van der Waals surface area contributed by atoms with Crippen LogP contribution in [-0.4, -0.2) is 11.9 Å². The molecule has 0 unspecified atom stereocenters. The largest absolute Gasteiger partial charge is 0.427 e. The number of esters is 2. The maximum absolute atomic E-state index is 12.2. The average molecular weight is 489 g/mol. The molecule has 0 aliphatic rings. The smallest absolute Gasteiger partial charge is 0.311 e. The van der Waals surface area contributed by atoms with Gasteiger partial charge in [-0.25, -0.2) is 0 Å². The van der Waals surface area contributed by atoms with Gasteiger partial charge < -0.3 is 9.47 Å². The van der Waals surface area contributed by atoms with Gasteiger partial charge in [0, 0.05) is 12.8 Å². The fraction of sp³-hybridized carbons (Fsp3) is 0.742. The first-order valence-corrected chi connectivity index (χ1v) is 14.6. The van der Waals surface area contributed by atoms with Crippen LogP contribution in [0.5, 0.6) is 11.5 Å². The van der Waals surface area contributed by atoms with Crippen molar-refractivity contribution < 1.29 is 19.1 Å². The quantitative estimate of drug-likeness (QED) is 0.0926. The van der Waals surface area contributed by atoms with Crippen molar-refractivity contribution in [3.63, 3.8) is 0 Å². The van der Waals surface area contributed by atoms with Crippen LogP contribution in [0.25, 0.3) is 0 Å². The van der Waals surface area contributed by atoms with Crippen LogP contribution in [0, 0.1) is 6.92 Å². The molecule has 0 aromatic heterocycles. The van der Waals surface area contributed by atoms with Crippen molar-refractivity contribution in [1.29, 1.82) is 0 Å². The summed E-state index contributed by atoms with van der Waals surface area (Å²) in [4.78, 5) is 24.3. The van der Waals surface area contributed by atoms with Gasteiger partial charge >= 0.3 is 11.9 Å². The molecule has 1 rings (SSSR count). The summed E-state index contributed by atoms with van der Waals surface area (Å²) in [5.74, 6) is 0.681. The van der Waals surface area contributed by atoms with Crippen molar-refractivity contribution in [2.75, 3.05) is 0 Å². The lowest BCUT2D eigenvalue weighted by Gasteiger charge is -2.10. The van der Waals surface area contributed by atoms with Gasteiger partial charge in [-0.1, -0.05) is 117 Å². The second-order valence-corrected chi connectivity index (χ2v) is 10.0. The van der Waals surface area contributed by atoms with E-state index in [-0.39, 0.29) is 11.9 Å². The summed E-state index contributed by atoms with van der Waals surface area (Å²) in [7, 11) is 0. The number of rotatable bonds is 22. The molecule has 0 N–H and O–H groups in total. The van der Waals surface area contributed by atoms with Crippen molar-refractivity contribution in [2.45, 2.75) is 149 Å². The zero-order chi connectivity index (χ0) is 25.6. The molecule has 0 heterocycles. The Morgan fingerprint density at radius 2 is 0.971 bits per heavy atom. The highest BCUT2D eigenvalue weighted by molar-refractivity contribution is 5.74. The minimum atomic E-state index is -0.192. The molecule has 200 valence electrons. The van der Waals surface area contributed by atoms with Crippen LogP contribution < -0.4 is 9.47 Å². The predicted octanol–water partition coefficient (Wildman–Crippen LogP) is 9.65. The minimum Gasteiger partial charge on any atom is -0.427 e. The number of hydrogen-bond donors (Lipinski definition) is 0. The van der Waals surface area contributed by atoms with Gasteiger partial charge in [-0.3, -0.25) is 9.59 Å². The molecule has 0 aliphatic carbocycles. The first-order valence-electron chi connectivity index (χ1n) is 14.6. The molecule has 0 bridgehead atoms. The van der Waals surface area contributed by atoms with Crippen molar-refractivity contribution in [3.8, 4) is 11.5 Å². The van der Waals surface area contributed by atoms with Crippen molar-refractivity contribution in [3.05, 3.63) is 23.8 Å². The third kappa shape index (κ3) is 17.3. The lowest BCUT2D eigenvalue weighted by molar-refractivity contribution is -0.135. The molecule has 0 amide bonds. The van der Waals surface area contributed by atoms with Crippen LogP contribution in [0.3, 0.4) is 0 Å². The average Bonchev–Trinajstić information content (AvgIpc) is 2.83. The van der Waals surface area contributed by atoms with Crippen molar-refractivity contribution in [1.82, 2.24) is 0 Å². The fourth-order valence-electron chi connectivity index (χ4n) is 4.32. The third-order valence-corrected chi connectivity index (χ3v) is 6.57. The molecule has 0 radical (unpaired) electrons. The summed E-state index contributed by atoms with van der Waals surface area (Å²) in [5.41, 5.74) is 0.804. The molecule has 4 heteroatoms. The molecule has 0 saturated carbocycles. The molecular formula is C31H52O4. The van der Waals surface area contributed by atoms with E-state index < -0.39 is 0 Å². The number of carbonyl (C=O) groups is 2. The number of hydrogen-bond acceptors (Lipinski definition) is 4. The summed E-state index contributed by atoms with van der Waals surface area (Å²) in [6, 6.07) is 5.21. The van der Waals surface area contributed by atoms with Gasteiger partial charge in [-0.2, -0.15) is 0 Å². The van der Waals surface area contributed by atoms with Crippen molar-refractivity contribution in [2.24, 2.45) is 0 Å². The number of benzene rings is 1. The Kier molecular flexibility index (Phi) is 19.1. The summed E-state index contributed by atoms with van der Waals surface area (Å²) >= 11 is 0. The molecule has 0 aliphatic heterocycles. The summed E-state index contributed by atoms with van der Waals surface area (Å²) < 4.78 is 11.0. The van der Waals surface area contributed by atoms with Gasteiger partial charge in [0.1, 0.15) is 11.5 Å². The molecule has 4 nitrogen and oxygen atoms in total. The Morgan fingerprint density at radius 3 is 1.40 bits per heavy atom. The van der Waals surface area contributed by atoms with Gasteiger partial charge in [0.25, 0.3) is 0 Å².